The summed E-state index contributed by atoms with van der Waals surface area (Å²) < 4.78 is 0. The molecule has 4 nitrogen and oxygen atoms in total. The zero-order valence-electron chi connectivity index (χ0n) is 12.3. The minimum Gasteiger partial charge on any atom is -0.391 e. The maximum Gasteiger partial charge on any atom is 0.0661 e. The Labute approximate surface area is 110 Å². The molecule has 0 saturated heterocycles. The topological polar surface area (TPSA) is 40.0 Å². The van der Waals surface area contributed by atoms with Crippen LogP contribution < -0.4 is 5.32 Å². The van der Waals surface area contributed by atoms with Crippen molar-refractivity contribution in [2.75, 3.05) is 14.1 Å². The van der Waals surface area contributed by atoms with E-state index >= 15 is 0 Å². The summed E-state index contributed by atoms with van der Waals surface area (Å²) in [6.45, 7) is 11.6. The third kappa shape index (κ3) is 4.57. The quantitative estimate of drug-likeness (QED) is 0.580. The highest BCUT2D eigenvalue weighted by Crippen LogP contribution is 2.12. The fourth-order valence-electron chi connectivity index (χ4n) is 1.55. The highest BCUT2D eigenvalue weighted by Gasteiger charge is 2.07. The second-order valence-corrected chi connectivity index (χ2v) is 3.89. The maximum atomic E-state index is 4.34. The molecule has 1 N–H and O–H groups in total. The molecular weight excluding hydrogens is 224 g/mol. The van der Waals surface area contributed by atoms with Crippen molar-refractivity contribution in [3.05, 3.63) is 35.3 Å². The van der Waals surface area contributed by atoms with Crippen molar-refractivity contribution in [2.45, 2.75) is 27.7 Å². The maximum absolute atomic E-state index is 4.34. The van der Waals surface area contributed by atoms with Crippen LogP contribution in [0.3, 0.4) is 0 Å². The zero-order chi connectivity index (χ0) is 14.1. The number of aliphatic imine (C=N–C) groups is 1. The molecule has 0 atom stereocenters. The first-order valence-electron chi connectivity index (χ1n) is 5.90. The predicted octanol–water partition coefficient (Wildman–Crippen LogP) is 2.93. The number of hydrazone groups is 1. The SMILES string of the molecule is C=NN(/C=C\C)/C=C(C)/C(=N/C)C(/C)=C(\C)NC. The van der Waals surface area contributed by atoms with Gasteiger partial charge in [-0.05, 0) is 38.8 Å². The van der Waals surface area contributed by atoms with E-state index in [9.17, 15) is 0 Å². The molecule has 0 aromatic rings. The van der Waals surface area contributed by atoms with Crippen molar-refractivity contribution in [1.82, 2.24) is 10.3 Å². The largest absolute Gasteiger partial charge is 0.391 e. The first-order chi connectivity index (χ1) is 8.51. The second kappa shape index (κ2) is 8.28. The third-order valence-electron chi connectivity index (χ3n) is 2.68. The van der Waals surface area contributed by atoms with Crippen LogP contribution in [0, 0.1) is 0 Å². The Morgan fingerprint density at radius 2 is 1.89 bits per heavy atom. The first kappa shape index (κ1) is 16.2. The molecule has 0 aliphatic carbocycles. The number of hydrogen-bond donors (Lipinski definition) is 1. The molecule has 100 valence electrons. The lowest BCUT2D eigenvalue weighted by Gasteiger charge is -2.14. The molecule has 0 rings (SSSR count). The molecule has 0 radical (unpaired) electrons. The molecule has 0 aromatic carbocycles. The number of allylic oxidation sites excluding steroid dienone is 4. The Bertz CT molecular complexity index is 400. The summed E-state index contributed by atoms with van der Waals surface area (Å²) in [5, 5.41) is 8.70. The molecule has 4 heteroatoms. The molecule has 18 heavy (non-hydrogen) atoms. The minimum atomic E-state index is 0.958. The smallest absolute Gasteiger partial charge is 0.0661 e. The Balaban J connectivity index is 5.34. The monoisotopic (exact) mass is 248 g/mol. The van der Waals surface area contributed by atoms with Gasteiger partial charge in [0.15, 0.2) is 0 Å². The van der Waals surface area contributed by atoms with Gasteiger partial charge in [0, 0.05) is 38.9 Å². The van der Waals surface area contributed by atoms with E-state index in [0.29, 0.717) is 0 Å². The molecule has 0 heterocycles. The Morgan fingerprint density at radius 1 is 1.28 bits per heavy atom. The molecule has 0 saturated carbocycles. The summed E-state index contributed by atoms with van der Waals surface area (Å²) in [6, 6.07) is 0. The van der Waals surface area contributed by atoms with Crippen molar-refractivity contribution in [3.8, 4) is 0 Å². The van der Waals surface area contributed by atoms with Crippen LogP contribution in [0.25, 0.3) is 0 Å². The van der Waals surface area contributed by atoms with Crippen LogP contribution in [0.1, 0.15) is 27.7 Å². The average molecular weight is 248 g/mol. The van der Waals surface area contributed by atoms with E-state index < -0.39 is 0 Å². The van der Waals surface area contributed by atoms with Gasteiger partial charge in [0.05, 0.1) is 5.71 Å². The summed E-state index contributed by atoms with van der Waals surface area (Å²) in [4.78, 5) is 4.34. The van der Waals surface area contributed by atoms with E-state index in [2.05, 4.69) is 22.1 Å². The molecule has 0 aliphatic rings. The van der Waals surface area contributed by atoms with Crippen molar-refractivity contribution >= 4 is 12.4 Å². The van der Waals surface area contributed by atoms with Crippen molar-refractivity contribution in [1.29, 1.82) is 0 Å². The van der Waals surface area contributed by atoms with Crippen LogP contribution in [0.15, 0.2) is 45.4 Å². The second-order valence-electron chi connectivity index (χ2n) is 3.89. The van der Waals surface area contributed by atoms with Crippen LogP contribution >= 0.6 is 0 Å². The van der Waals surface area contributed by atoms with Crippen molar-refractivity contribution < 1.29 is 0 Å². The Kier molecular flexibility index (Phi) is 7.43. The first-order valence-corrected chi connectivity index (χ1v) is 5.90. The van der Waals surface area contributed by atoms with Gasteiger partial charge in [-0.15, -0.1) is 0 Å². The number of hydrogen-bond acceptors (Lipinski definition) is 4. The van der Waals surface area contributed by atoms with E-state index in [0.717, 1.165) is 22.6 Å². The fourth-order valence-corrected chi connectivity index (χ4v) is 1.55. The van der Waals surface area contributed by atoms with Gasteiger partial charge >= 0.3 is 0 Å². The van der Waals surface area contributed by atoms with Gasteiger partial charge in [0.1, 0.15) is 0 Å². The van der Waals surface area contributed by atoms with E-state index in [1.807, 2.05) is 53.2 Å². The zero-order valence-corrected chi connectivity index (χ0v) is 12.3. The number of rotatable bonds is 6. The highest BCUT2D eigenvalue weighted by molar-refractivity contribution is 6.11. The van der Waals surface area contributed by atoms with Gasteiger partial charge < -0.3 is 5.32 Å². The lowest BCUT2D eigenvalue weighted by Crippen LogP contribution is -2.13. The van der Waals surface area contributed by atoms with E-state index in [1.165, 1.54) is 0 Å². The summed E-state index contributed by atoms with van der Waals surface area (Å²) in [6.07, 6.45) is 5.65. The molecule has 0 bridgehead atoms. The molecule has 0 amide bonds. The summed E-state index contributed by atoms with van der Waals surface area (Å²) >= 11 is 0. The Hall–Kier alpha value is -1.84. The van der Waals surface area contributed by atoms with Crippen molar-refractivity contribution in [2.24, 2.45) is 10.1 Å². The van der Waals surface area contributed by atoms with Crippen molar-refractivity contribution in [3.63, 3.8) is 0 Å². The average Bonchev–Trinajstić information content (AvgIpc) is 2.37. The molecule has 0 aromatic heterocycles. The van der Waals surface area contributed by atoms with Gasteiger partial charge in [-0.2, -0.15) is 5.10 Å². The van der Waals surface area contributed by atoms with Gasteiger partial charge in [-0.1, -0.05) is 6.08 Å². The summed E-state index contributed by atoms with van der Waals surface area (Å²) in [5.74, 6) is 0. The number of nitrogens with one attached hydrogen (secondary N) is 1. The fraction of sp³-hybridized carbons (Fsp3) is 0.429. The molecule has 0 aliphatic heterocycles. The lowest BCUT2D eigenvalue weighted by atomic mass is 10.0. The standard InChI is InChI=1S/C14H24N4/c1-8-9-18(17-7)10-11(2)14(16-6)12(3)13(4)15-5/h8-10,15H,7H2,1-6H3/b9-8-,11-10+,13-12+,16-14-. The van der Waals surface area contributed by atoms with Crippen LogP contribution in [0.5, 0.6) is 0 Å². The van der Waals surface area contributed by atoms with Gasteiger partial charge in [0.25, 0.3) is 0 Å². The van der Waals surface area contributed by atoms with Gasteiger partial charge in [-0.3, -0.25) is 4.99 Å². The minimum absolute atomic E-state index is 0.958. The van der Waals surface area contributed by atoms with Gasteiger partial charge in [-0.25, -0.2) is 5.01 Å². The predicted molar refractivity (Wildman–Crippen MR) is 80.8 cm³/mol. The van der Waals surface area contributed by atoms with Crippen LogP contribution in [0.4, 0.5) is 0 Å². The molecule has 0 spiro atoms. The molecule has 0 fully saturated rings. The summed E-state index contributed by atoms with van der Waals surface area (Å²) in [5.41, 5.74) is 4.22. The highest BCUT2D eigenvalue weighted by atomic mass is 15.4. The number of nitrogens with zero attached hydrogens (tertiary/aromatic N) is 3. The third-order valence-corrected chi connectivity index (χ3v) is 2.68. The molecular formula is C14H24N4. The molecule has 0 unspecified atom stereocenters. The van der Waals surface area contributed by atoms with Crippen LogP contribution in [-0.2, 0) is 0 Å². The van der Waals surface area contributed by atoms with E-state index in [-0.39, 0.29) is 0 Å². The summed E-state index contributed by atoms with van der Waals surface area (Å²) in [7, 11) is 3.70. The lowest BCUT2D eigenvalue weighted by molar-refractivity contribution is 0.547. The van der Waals surface area contributed by atoms with Crippen LogP contribution in [-0.4, -0.2) is 31.5 Å². The van der Waals surface area contributed by atoms with E-state index in [1.54, 1.807) is 12.1 Å². The Morgan fingerprint density at radius 3 is 2.28 bits per heavy atom. The van der Waals surface area contributed by atoms with Crippen LogP contribution in [0.2, 0.25) is 0 Å². The normalized spacial score (nSPS) is 14.6. The van der Waals surface area contributed by atoms with Gasteiger partial charge in [0.2, 0.25) is 0 Å². The van der Waals surface area contributed by atoms with E-state index in [4.69, 9.17) is 0 Å².